The monoisotopic (exact) mass is 377 g/mol. The number of nitrogens with zero attached hydrogens (tertiary/aromatic N) is 1. The first-order valence-corrected chi connectivity index (χ1v) is 8.83. The molecule has 1 heterocycles. The van der Waals surface area contributed by atoms with Crippen molar-refractivity contribution < 1.29 is 9.90 Å². The Kier molecular flexibility index (Phi) is 5.19. The van der Waals surface area contributed by atoms with E-state index in [1.165, 1.54) is 0 Å². The number of halogens is 2. The van der Waals surface area contributed by atoms with Gasteiger partial charge in [-0.25, -0.2) is 4.98 Å². The Bertz CT molecular complexity index is 901. The highest BCUT2D eigenvalue weighted by Gasteiger charge is 2.11. The number of hydrogen-bond donors (Lipinski definition) is 1. The zero-order chi connectivity index (χ0) is 17.1. The molecule has 24 heavy (non-hydrogen) atoms. The van der Waals surface area contributed by atoms with E-state index in [0.717, 1.165) is 26.4 Å². The number of para-hydroxylation sites is 1. The van der Waals surface area contributed by atoms with Crippen LogP contribution >= 0.6 is 34.5 Å². The third kappa shape index (κ3) is 3.96. The van der Waals surface area contributed by atoms with Gasteiger partial charge in [-0.3, -0.25) is 4.79 Å². The first-order chi connectivity index (χ1) is 11.5. The van der Waals surface area contributed by atoms with Crippen LogP contribution in [-0.2, 0) is 4.79 Å². The number of carbonyl (C=O) groups is 1. The SMILES string of the molecule is O=C(O)CC/C(=C\c1ccc(Cl)c(Cl)c1)c1nc2ccccc2s1. The number of rotatable bonds is 5. The number of hydrogen-bond acceptors (Lipinski definition) is 3. The molecule has 0 aliphatic carbocycles. The Balaban J connectivity index is 2.02. The van der Waals surface area contributed by atoms with Gasteiger partial charge in [-0.1, -0.05) is 41.4 Å². The van der Waals surface area contributed by atoms with Gasteiger partial charge in [-0.05, 0) is 47.9 Å². The molecule has 3 nitrogen and oxygen atoms in total. The van der Waals surface area contributed by atoms with Gasteiger partial charge < -0.3 is 5.11 Å². The molecule has 0 aliphatic rings. The maximum absolute atomic E-state index is 11.0. The van der Waals surface area contributed by atoms with Crippen LogP contribution in [0, 0.1) is 0 Å². The fourth-order valence-corrected chi connectivity index (χ4v) is 3.61. The minimum Gasteiger partial charge on any atom is -0.481 e. The molecule has 0 bridgehead atoms. The predicted molar refractivity (Wildman–Crippen MR) is 101 cm³/mol. The second-order valence-corrected chi connectivity index (χ2v) is 7.07. The van der Waals surface area contributed by atoms with Gasteiger partial charge in [0.1, 0.15) is 5.01 Å². The minimum absolute atomic E-state index is 0.0447. The Hall–Kier alpha value is -1.88. The molecular formula is C18H13Cl2NO2S. The van der Waals surface area contributed by atoms with Crippen molar-refractivity contribution in [1.82, 2.24) is 4.98 Å². The van der Waals surface area contributed by atoms with Crippen LogP contribution in [-0.4, -0.2) is 16.1 Å². The lowest BCUT2D eigenvalue weighted by molar-refractivity contribution is -0.136. The third-order valence-electron chi connectivity index (χ3n) is 3.46. The van der Waals surface area contributed by atoms with Crippen molar-refractivity contribution in [2.75, 3.05) is 0 Å². The van der Waals surface area contributed by atoms with Gasteiger partial charge >= 0.3 is 5.97 Å². The molecule has 0 radical (unpaired) electrons. The Labute approximate surface area is 153 Å². The van der Waals surface area contributed by atoms with E-state index in [1.807, 2.05) is 36.4 Å². The summed E-state index contributed by atoms with van der Waals surface area (Å²) >= 11 is 13.6. The van der Waals surface area contributed by atoms with E-state index in [-0.39, 0.29) is 6.42 Å². The molecule has 2 aromatic carbocycles. The predicted octanol–water partition coefficient (Wildman–Crippen LogP) is 6.01. The summed E-state index contributed by atoms with van der Waals surface area (Å²) in [6.45, 7) is 0. The zero-order valence-electron chi connectivity index (χ0n) is 12.5. The van der Waals surface area contributed by atoms with Crippen LogP contribution in [0.2, 0.25) is 10.0 Å². The normalized spacial score (nSPS) is 11.8. The summed E-state index contributed by atoms with van der Waals surface area (Å²) in [5.41, 5.74) is 2.65. The van der Waals surface area contributed by atoms with Gasteiger partial charge in [0.25, 0.3) is 0 Å². The maximum Gasteiger partial charge on any atom is 0.303 e. The first-order valence-electron chi connectivity index (χ1n) is 7.26. The fourth-order valence-electron chi connectivity index (χ4n) is 2.30. The average molecular weight is 378 g/mol. The van der Waals surface area contributed by atoms with E-state index in [9.17, 15) is 4.79 Å². The average Bonchev–Trinajstić information content (AvgIpc) is 2.98. The number of fused-ring (bicyclic) bond motifs is 1. The molecule has 0 aliphatic heterocycles. The number of benzene rings is 2. The molecule has 6 heteroatoms. The first kappa shape index (κ1) is 17.0. The van der Waals surface area contributed by atoms with E-state index in [2.05, 4.69) is 4.98 Å². The summed E-state index contributed by atoms with van der Waals surface area (Å²) in [6.07, 6.45) is 2.36. The molecule has 3 aromatic rings. The number of thiazole rings is 1. The minimum atomic E-state index is -0.837. The van der Waals surface area contributed by atoms with Crippen LogP contribution < -0.4 is 0 Å². The van der Waals surface area contributed by atoms with Gasteiger partial charge in [-0.2, -0.15) is 0 Å². The standard InChI is InChI=1S/C18H13Cl2NO2S/c19-13-7-5-11(10-14(13)20)9-12(6-8-17(22)23)18-21-15-3-1-2-4-16(15)24-18/h1-5,7,9-10H,6,8H2,(H,22,23)/b12-9+. The van der Waals surface area contributed by atoms with Gasteiger partial charge in [0, 0.05) is 6.42 Å². The fraction of sp³-hybridized carbons (Fsp3) is 0.111. The van der Waals surface area contributed by atoms with Crippen molar-refractivity contribution >= 4 is 62.4 Å². The highest BCUT2D eigenvalue weighted by atomic mass is 35.5. The molecule has 1 aromatic heterocycles. The number of allylic oxidation sites excluding steroid dienone is 1. The van der Waals surface area contributed by atoms with Crippen LogP contribution in [0.1, 0.15) is 23.4 Å². The third-order valence-corrected chi connectivity index (χ3v) is 5.31. The van der Waals surface area contributed by atoms with Crippen molar-refractivity contribution in [1.29, 1.82) is 0 Å². The van der Waals surface area contributed by atoms with Crippen LogP contribution in [0.15, 0.2) is 42.5 Å². The molecule has 0 spiro atoms. The summed E-state index contributed by atoms with van der Waals surface area (Å²) in [7, 11) is 0. The Morgan fingerprint density at radius 1 is 1.12 bits per heavy atom. The molecule has 0 amide bonds. The number of carboxylic acid groups (broad SMARTS) is 1. The van der Waals surface area contributed by atoms with E-state index in [0.29, 0.717) is 16.5 Å². The number of carboxylic acids is 1. The summed E-state index contributed by atoms with van der Waals surface area (Å²) in [5.74, 6) is -0.837. The molecule has 0 atom stereocenters. The van der Waals surface area contributed by atoms with E-state index in [4.69, 9.17) is 28.3 Å². The zero-order valence-corrected chi connectivity index (χ0v) is 14.8. The number of aromatic nitrogens is 1. The summed E-state index contributed by atoms with van der Waals surface area (Å²) in [4.78, 5) is 15.6. The molecule has 0 fully saturated rings. The summed E-state index contributed by atoms with van der Waals surface area (Å²) in [6, 6.07) is 13.2. The van der Waals surface area contributed by atoms with Crippen molar-refractivity contribution in [2.24, 2.45) is 0 Å². The summed E-state index contributed by atoms with van der Waals surface area (Å²) < 4.78 is 1.07. The van der Waals surface area contributed by atoms with Gasteiger partial charge in [-0.15, -0.1) is 11.3 Å². The van der Waals surface area contributed by atoms with Crippen LogP contribution in [0.25, 0.3) is 21.9 Å². The van der Waals surface area contributed by atoms with Crippen LogP contribution in [0.5, 0.6) is 0 Å². The highest BCUT2D eigenvalue weighted by Crippen LogP contribution is 2.32. The smallest absolute Gasteiger partial charge is 0.303 e. The van der Waals surface area contributed by atoms with Crippen molar-refractivity contribution in [3.8, 4) is 0 Å². The largest absolute Gasteiger partial charge is 0.481 e. The molecule has 1 N–H and O–H groups in total. The van der Waals surface area contributed by atoms with Crippen molar-refractivity contribution in [3.63, 3.8) is 0 Å². The number of aliphatic carboxylic acids is 1. The van der Waals surface area contributed by atoms with E-state index >= 15 is 0 Å². The van der Waals surface area contributed by atoms with Crippen LogP contribution in [0.3, 0.4) is 0 Å². The lowest BCUT2D eigenvalue weighted by Gasteiger charge is -2.04. The lowest BCUT2D eigenvalue weighted by atomic mass is 10.1. The Morgan fingerprint density at radius 3 is 2.62 bits per heavy atom. The molecule has 3 rings (SSSR count). The van der Waals surface area contributed by atoms with Gasteiger partial charge in [0.15, 0.2) is 0 Å². The topological polar surface area (TPSA) is 50.2 Å². The summed E-state index contributed by atoms with van der Waals surface area (Å²) in [5, 5.41) is 10.8. The van der Waals surface area contributed by atoms with E-state index < -0.39 is 5.97 Å². The molecule has 0 saturated carbocycles. The molecule has 122 valence electrons. The quantitative estimate of drug-likeness (QED) is 0.592. The molecule has 0 unspecified atom stereocenters. The second-order valence-electron chi connectivity index (χ2n) is 5.22. The second kappa shape index (κ2) is 7.34. The van der Waals surface area contributed by atoms with E-state index in [1.54, 1.807) is 23.5 Å². The molecular weight excluding hydrogens is 365 g/mol. The van der Waals surface area contributed by atoms with Crippen molar-refractivity contribution in [3.05, 3.63) is 63.1 Å². The van der Waals surface area contributed by atoms with Crippen molar-refractivity contribution in [2.45, 2.75) is 12.8 Å². The lowest BCUT2D eigenvalue weighted by Crippen LogP contribution is -1.95. The van der Waals surface area contributed by atoms with Gasteiger partial charge in [0.2, 0.25) is 0 Å². The Morgan fingerprint density at radius 2 is 1.92 bits per heavy atom. The molecule has 0 saturated heterocycles. The van der Waals surface area contributed by atoms with Crippen LogP contribution in [0.4, 0.5) is 0 Å². The van der Waals surface area contributed by atoms with Gasteiger partial charge in [0.05, 0.1) is 20.3 Å². The highest BCUT2D eigenvalue weighted by molar-refractivity contribution is 7.19. The maximum atomic E-state index is 11.0.